The number of nitrogens with zero attached hydrogens (tertiary/aromatic N) is 2. The first-order valence-corrected chi connectivity index (χ1v) is 8.77. The molecule has 0 aliphatic carbocycles. The van der Waals surface area contributed by atoms with E-state index < -0.39 is 0 Å². The van der Waals surface area contributed by atoms with E-state index in [1.165, 1.54) is 32.7 Å². The van der Waals surface area contributed by atoms with Crippen LogP contribution >= 0.6 is 0 Å². The number of hydrogen-bond acceptors (Lipinski definition) is 0. The molecule has 0 saturated carbocycles. The van der Waals surface area contributed by atoms with Gasteiger partial charge in [0.25, 0.3) is 0 Å². The normalized spacial score (nSPS) is 12.8. The monoisotopic (exact) mass is 326 g/mol. The molecule has 0 amide bonds. The van der Waals surface area contributed by atoms with Gasteiger partial charge in [0.2, 0.25) is 0 Å². The summed E-state index contributed by atoms with van der Waals surface area (Å²) in [4.78, 5) is 0. The highest BCUT2D eigenvalue weighted by molar-refractivity contribution is 6.17. The predicted molar refractivity (Wildman–Crippen MR) is 110 cm³/mol. The molecule has 2 heterocycles. The van der Waals surface area contributed by atoms with Crippen LogP contribution in [0.4, 0.5) is 0 Å². The summed E-state index contributed by atoms with van der Waals surface area (Å²) in [5.74, 6) is 0. The summed E-state index contributed by atoms with van der Waals surface area (Å²) >= 11 is 0. The van der Waals surface area contributed by atoms with Crippen molar-refractivity contribution in [2.75, 3.05) is 0 Å². The summed E-state index contributed by atoms with van der Waals surface area (Å²) in [6.07, 6.45) is 10.2. The van der Waals surface area contributed by atoms with Crippen molar-refractivity contribution in [1.29, 1.82) is 0 Å². The summed E-state index contributed by atoms with van der Waals surface area (Å²) in [5.41, 5.74) is 4.95. The first-order valence-electron chi connectivity index (χ1n) is 8.77. The van der Waals surface area contributed by atoms with Gasteiger partial charge in [-0.25, -0.2) is 0 Å². The average molecular weight is 326 g/mol. The van der Waals surface area contributed by atoms with E-state index in [1.807, 2.05) is 19.1 Å². The van der Waals surface area contributed by atoms with Crippen LogP contribution in [0.3, 0.4) is 0 Å². The third-order valence-corrected chi connectivity index (χ3v) is 4.82. The second kappa shape index (κ2) is 6.14. The van der Waals surface area contributed by atoms with Gasteiger partial charge in [0.05, 0.1) is 11.0 Å². The van der Waals surface area contributed by atoms with Crippen molar-refractivity contribution in [2.45, 2.75) is 20.4 Å². The van der Waals surface area contributed by atoms with Gasteiger partial charge in [-0.2, -0.15) is 0 Å². The minimum atomic E-state index is 0.957. The lowest BCUT2D eigenvalue weighted by Crippen LogP contribution is -1.95. The number of allylic oxidation sites excluding steroid dienone is 5. The van der Waals surface area contributed by atoms with E-state index in [-0.39, 0.29) is 0 Å². The van der Waals surface area contributed by atoms with Gasteiger partial charge in [0.15, 0.2) is 0 Å². The molecule has 124 valence electrons. The maximum atomic E-state index is 3.85. The maximum Gasteiger partial charge on any atom is 0.0586 e. The van der Waals surface area contributed by atoms with Gasteiger partial charge >= 0.3 is 0 Å². The largest absolute Gasteiger partial charge is 0.340 e. The first kappa shape index (κ1) is 15.5. The third kappa shape index (κ3) is 2.25. The van der Waals surface area contributed by atoms with E-state index in [2.05, 4.69) is 83.5 Å². The SMILES string of the molecule is C=C/C=C(\C=C/C)n1ccc2c1ccc1c3ccccc3n(CC)c12. The number of aromatic nitrogens is 2. The molecule has 2 heteroatoms. The molecule has 4 aromatic rings. The quantitative estimate of drug-likeness (QED) is 0.385. The fourth-order valence-electron chi connectivity index (χ4n) is 3.83. The average Bonchev–Trinajstić information content (AvgIpc) is 3.20. The Morgan fingerprint density at radius 1 is 1.00 bits per heavy atom. The van der Waals surface area contributed by atoms with E-state index in [0.717, 1.165) is 12.2 Å². The van der Waals surface area contributed by atoms with Crippen LogP contribution in [0.5, 0.6) is 0 Å². The lowest BCUT2D eigenvalue weighted by molar-refractivity contribution is 0.829. The summed E-state index contributed by atoms with van der Waals surface area (Å²) < 4.78 is 4.65. The zero-order chi connectivity index (χ0) is 17.4. The Morgan fingerprint density at radius 2 is 1.84 bits per heavy atom. The fraction of sp³-hybridized carbons (Fsp3) is 0.130. The number of para-hydroxylation sites is 1. The van der Waals surface area contributed by atoms with Gasteiger partial charge in [-0.1, -0.05) is 43.0 Å². The number of hydrogen-bond donors (Lipinski definition) is 0. The Kier molecular flexibility index (Phi) is 3.81. The van der Waals surface area contributed by atoms with Gasteiger partial charge in [-0.15, -0.1) is 0 Å². The van der Waals surface area contributed by atoms with Gasteiger partial charge < -0.3 is 9.13 Å². The first-order chi connectivity index (χ1) is 12.3. The number of rotatable bonds is 4. The summed E-state index contributed by atoms with van der Waals surface area (Å²) in [6, 6.07) is 15.4. The molecule has 0 unspecified atom stereocenters. The smallest absolute Gasteiger partial charge is 0.0586 e. The molecule has 0 radical (unpaired) electrons. The lowest BCUT2D eigenvalue weighted by Gasteiger charge is -2.08. The molecule has 0 bridgehead atoms. The van der Waals surface area contributed by atoms with Gasteiger partial charge in [-0.3, -0.25) is 0 Å². The summed E-state index contributed by atoms with van der Waals surface area (Å²) in [7, 11) is 0. The van der Waals surface area contributed by atoms with Crippen molar-refractivity contribution in [3.8, 4) is 0 Å². The predicted octanol–water partition coefficient (Wildman–Crippen LogP) is 6.37. The van der Waals surface area contributed by atoms with Crippen LogP contribution in [0, 0.1) is 0 Å². The van der Waals surface area contributed by atoms with Gasteiger partial charge in [0.1, 0.15) is 0 Å². The van der Waals surface area contributed by atoms with Crippen molar-refractivity contribution < 1.29 is 0 Å². The van der Waals surface area contributed by atoms with Crippen LogP contribution in [0.25, 0.3) is 38.4 Å². The molecule has 2 aromatic carbocycles. The second-order valence-electron chi connectivity index (χ2n) is 6.17. The highest BCUT2D eigenvalue weighted by atomic mass is 15.0. The van der Waals surface area contributed by atoms with Crippen LogP contribution in [0.15, 0.2) is 79.5 Å². The zero-order valence-corrected chi connectivity index (χ0v) is 14.7. The molecule has 0 spiro atoms. The van der Waals surface area contributed by atoms with Crippen molar-refractivity contribution in [1.82, 2.24) is 9.13 Å². The standard InChI is InChI=1S/C23H22N2/c1-4-9-17(10-5-2)25-16-15-20-22(25)14-13-19-18-11-7-8-12-21(18)24(6-3)23(19)20/h4-5,7-16H,1,6H2,2-3H3/b10-5-,17-9+. The molecule has 0 aliphatic heterocycles. The van der Waals surface area contributed by atoms with Gasteiger partial charge in [0, 0.05) is 40.1 Å². The number of aryl methyl sites for hydroxylation is 1. The summed E-state index contributed by atoms with van der Waals surface area (Å²) in [5, 5.41) is 3.93. The van der Waals surface area contributed by atoms with E-state index in [0.29, 0.717) is 0 Å². The minimum Gasteiger partial charge on any atom is -0.340 e. The highest BCUT2D eigenvalue weighted by Crippen LogP contribution is 2.35. The lowest BCUT2D eigenvalue weighted by atomic mass is 10.1. The van der Waals surface area contributed by atoms with E-state index in [4.69, 9.17) is 0 Å². The van der Waals surface area contributed by atoms with Crippen LogP contribution in [0.2, 0.25) is 0 Å². The van der Waals surface area contributed by atoms with Crippen LogP contribution in [-0.2, 0) is 6.54 Å². The maximum absolute atomic E-state index is 3.85. The molecule has 4 rings (SSSR count). The molecule has 2 nitrogen and oxygen atoms in total. The van der Waals surface area contributed by atoms with Crippen molar-refractivity contribution in [2.24, 2.45) is 0 Å². The topological polar surface area (TPSA) is 9.86 Å². The van der Waals surface area contributed by atoms with Crippen LogP contribution in [0.1, 0.15) is 13.8 Å². The zero-order valence-electron chi connectivity index (χ0n) is 14.7. The molecule has 2 aromatic heterocycles. The van der Waals surface area contributed by atoms with Crippen molar-refractivity contribution in [3.63, 3.8) is 0 Å². The van der Waals surface area contributed by atoms with E-state index in [1.54, 1.807) is 0 Å². The Hall–Kier alpha value is -3.00. The number of fused-ring (bicyclic) bond motifs is 5. The molecular formula is C23H22N2. The van der Waals surface area contributed by atoms with E-state index >= 15 is 0 Å². The fourth-order valence-corrected chi connectivity index (χ4v) is 3.83. The van der Waals surface area contributed by atoms with Crippen molar-refractivity contribution in [3.05, 3.63) is 79.5 Å². The number of benzene rings is 2. The molecule has 0 aliphatic rings. The Bertz CT molecular complexity index is 1150. The van der Waals surface area contributed by atoms with Gasteiger partial charge in [-0.05, 0) is 44.2 Å². The Balaban J connectivity index is 2.12. The van der Waals surface area contributed by atoms with Crippen molar-refractivity contribution >= 4 is 38.4 Å². The molecule has 25 heavy (non-hydrogen) atoms. The molecular weight excluding hydrogens is 304 g/mol. The van der Waals surface area contributed by atoms with Crippen LogP contribution in [-0.4, -0.2) is 9.13 Å². The molecule has 0 saturated heterocycles. The molecule has 0 atom stereocenters. The Morgan fingerprint density at radius 3 is 2.60 bits per heavy atom. The molecule has 0 fully saturated rings. The molecule has 0 N–H and O–H groups in total. The minimum absolute atomic E-state index is 0.957. The van der Waals surface area contributed by atoms with Crippen LogP contribution < -0.4 is 0 Å². The third-order valence-electron chi connectivity index (χ3n) is 4.82. The highest BCUT2D eigenvalue weighted by Gasteiger charge is 2.14. The second-order valence-corrected chi connectivity index (χ2v) is 6.17. The Labute approximate surface area is 148 Å². The summed E-state index contributed by atoms with van der Waals surface area (Å²) in [6.45, 7) is 9.06. The van der Waals surface area contributed by atoms with E-state index in [9.17, 15) is 0 Å².